The molecule has 0 saturated carbocycles. The number of ether oxygens (including phenoxy) is 1. The minimum atomic E-state index is -0.822. The molecule has 0 aromatic heterocycles. The Bertz CT molecular complexity index is 758. The fourth-order valence-corrected chi connectivity index (χ4v) is 3.25. The Morgan fingerprint density at radius 2 is 1.81 bits per heavy atom. The highest BCUT2D eigenvalue weighted by molar-refractivity contribution is 6.18. The Kier molecular flexibility index (Phi) is 12.7. The van der Waals surface area contributed by atoms with Gasteiger partial charge < -0.3 is 20.3 Å². The number of amides is 2. The summed E-state index contributed by atoms with van der Waals surface area (Å²) in [5.74, 6) is 0.632. The third kappa shape index (κ3) is 11.3. The van der Waals surface area contributed by atoms with Crippen molar-refractivity contribution in [2.75, 3.05) is 42.8 Å². The van der Waals surface area contributed by atoms with E-state index in [4.69, 9.17) is 33.5 Å². The highest BCUT2D eigenvalue weighted by Gasteiger charge is 2.24. The van der Waals surface area contributed by atoms with Crippen LogP contribution in [0.1, 0.15) is 32.8 Å². The van der Waals surface area contributed by atoms with Gasteiger partial charge in [0.05, 0.1) is 0 Å². The zero-order chi connectivity index (χ0) is 24.0. The number of benzene rings is 1. The first-order valence-corrected chi connectivity index (χ1v) is 11.5. The minimum absolute atomic E-state index is 0.281. The normalized spacial score (nSPS) is 11.8. The van der Waals surface area contributed by atoms with Crippen molar-refractivity contribution in [2.24, 2.45) is 5.11 Å². The van der Waals surface area contributed by atoms with Gasteiger partial charge in [-0.15, -0.1) is 23.2 Å². The first kappa shape index (κ1) is 27.7. The Balaban J connectivity index is 2.87. The van der Waals surface area contributed by atoms with Gasteiger partial charge in [-0.2, -0.15) is 0 Å². The summed E-state index contributed by atoms with van der Waals surface area (Å²) >= 11 is 11.8. The molecule has 0 bridgehead atoms. The van der Waals surface area contributed by atoms with Gasteiger partial charge in [-0.1, -0.05) is 17.2 Å². The number of nitrogens with one attached hydrogen (secondary N) is 2. The van der Waals surface area contributed by atoms with Crippen molar-refractivity contribution in [3.05, 3.63) is 40.3 Å². The van der Waals surface area contributed by atoms with Crippen molar-refractivity contribution in [1.29, 1.82) is 0 Å². The van der Waals surface area contributed by atoms with Crippen LogP contribution in [0.3, 0.4) is 0 Å². The molecule has 2 amide bonds. The number of rotatable bonds is 13. The van der Waals surface area contributed by atoms with Crippen LogP contribution in [-0.4, -0.2) is 61.6 Å². The predicted octanol–water partition coefficient (Wildman–Crippen LogP) is 4.22. The lowest BCUT2D eigenvalue weighted by molar-refractivity contribution is -0.123. The Hall–Kier alpha value is -2.35. The van der Waals surface area contributed by atoms with Gasteiger partial charge in [-0.05, 0) is 50.4 Å². The monoisotopic (exact) mass is 486 g/mol. The molecule has 0 saturated heterocycles. The number of hydrogen-bond acceptors (Lipinski definition) is 5. The van der Waals surface area contributed by atoms with Crippen LogP contribution in [0.25, 0.3) is 10.4 Å². The van der Waals surface area contributed by atoms with Gasteiger partial charge in [0.15, 0.2) is 0 Å². The van der Waals surface area contributed by atoms with Gasteiger partial charge in [-0.25, -0.2) is 4.79 Å². The number of halogens is 2. The van der Waals surface area contributed by atoms with Gasteiger partial charge in [0.25, 0.3) is 0 Å². The summed E-state index contributed by atoms with van der Waals surface area (Å²) in [7, 11) is 0. The molecule has 0 aliphatic heterocycles. The van der Waals surface area contributed by atoms with Crippen LogP contribution >= 0.6 is 23.2 Å². The SMILES string of the molecule is CC(C)(C)OC(=O)N[C@@H](Cc1ccc(N(CCCl)CCCl)cc1)C(=O)NCCCN=[N+]=[N-]. The summed E-state index contributed by atoms with van der Waals surface area (Å²) in [6.07, 6.45) is 0.117. The Morgan fingerprint density at radius 3 is 2.34 bits per heavy atom. The van der Waals surface area contributed by atoms with Crippen LogP contribution in [0.5, 0.6) is 0 Å². The molecule has 9 nitrogen and oxygen atoms in total. The molecule has 11 heteroatoms. The number of azide groups is 1. The van der Waals surface area contributed by atoms with Gasteiger partial charge in [0, 0.05) is 55.0 Å². The van der Waals surface area contributed by atoms with E-state index in [1.807, 2.05) is 24.3 Å². The van der Waals surface area contributed by atoms with Crippen molar-refractivity contribution in [3.8, 4) is 0 Å². The fourth-order valence-electron chi connectivity index (χ4n) is 2.84. The van der Waals surface area contributed by atoms with E-state index in [1.54, 1.807) is 20.8 Å². The van der Waals surface area contributed by atoms with Crippen molar-refractivity contribution >= 4 is 40.9 Å². The number of alkyl carbamates (subject to hydrolysis) is 1. The predicted molar refractivity (Wildman–Crippen MR) is 129 cm³/mol. The molecule has 0 heterocycles. The summed E-state index contributed by atoms with van der Waals surface area (Å²) in [4.78, 5) is 29.7. The topological polar surface area (TPSA) is 119 Å². The largest absolute Gasteiger partial charge is 0.444 e. The van der Waals surface area contributed by atoms with Crippen molar-refractivity contribution < 1.29 is 14.3 Å². The van der Waals surface area contributed by atoms with Crippen LogP contribution in [0, 0.1) is 0 Å². The molecule has 1 rings (SSSR count). The van der Waals surface area contributed by atoms with E-state index in [9.17, 15) is 9.59 Å². The third-order valence-corrected chi connectivity index (χ3v) is 4.59. The van der Waals surface area contributed by atoms with E-state index in [0.717, 1.165) is 11.3 Å². The maximum atomic E-state index is 12.7. The number of carbonyl (C=O) groups is 2. The second kappa shape index (κ2) is 14.7. The minimum Gasteiger partial charge on any atom is -0.444 e. The summed E-state index contributed by atoms with van der Waals surface area (Å²) in [6.45, 7) is 7.22. The maximum Gasteiger partial charge on any atom is 0.408 e. The lowest BCUT2D eigenvalue weighted by atomic mass is 10.0. The molecule has 0 aliphatic carbocycles. The quantitative estimate of drug-likeness (QED) is 0.142. The van der Waals surface area contributed by atoms with Crippen LogP contribution in [0.15, 0.2) is 29.4 Å². The second-order valence-corrected chi connectivity index (χ2v) is 8.79. The fraction of sp³-hybridized carbons (Fsp3) is 0.619. The van der Waals surface area contributed by atoms with Crippen molar-refractivity contribution in [2.45, 2.75) is 45.3 Å². The summed E-state index contributed by atoms with van der Waals surface area (Å²) < 4.78 is 5.30. The van der Waals surface area contributed by atoms with E-state index in [2.05, 4.69) is 25.6 Å². The first-order chi connectivity index (χ1) is 15.2. The van der Waals surface area contributed by atoms with Gasteiger partial charge in [0.1, 0.15) is 11.6 Å². The van der Waals surface area contributed by atoms with Gasteiger partial charge in [0.2, 0.25) is 5.91 Å². The third-order valence-electron chi connectivity index (χ3n) is 4.26. The zero-order valence-corrected chi connectivity index (χ0v) is 20.3. The Morgan fingerprint density at radius 1 is 1.19 bits per heavy atom. The average molecular weight is 487 g/mol. The molecule has 178 valence electrons. The van der Waals surface area contributed by atoms with Crippen molar-refractivity contribution in [3.63, 3.8) is 0 Å². The molecule has 2 N–H and O–H groups in total. The lowest BCUT2D eigenvalue weighted by Crippen LogP contribution is -2.49. The van der Waals surface area contributed by atoms with Crippen LogP contribution in [0.4, 0.5) is 10.5 Å². The van der Waals surface area contributed by atoms with Gasteiger partial charge in [-0.3, -0.25) is 4.79 Å². The molecule has 0 fully saturated rings. The Labute approximate surface area is 199 Å². The molecule has 1 atom stereocenters. The van der Waals surface area contributed by atoms with E-state index in [-0.39, 0.29) is 18.9 Å². The maximum absolute atomic E-state index is 12.7. The molecule has 0 unspecified atom stereocenters. The summed E-state index contributed by atoms with van der Waals surface area (Å²) in [5, 5.41) is 8.85. The molecule has 0 spiro atoms. The lowest BCUT2D eigenvalue weighted by Gasteiger charge is -2.24. The smallest absolute Gasteiger partial charge is 0.408 e. The first-order valence-electron chi connectivity index (χ1n) is 10.4. The summed E-state index contributed by atoms with van der Waals surface area (Å²) in [6, 6.07) is 6.87. The second-order valence-electron chi connectivity index (χ2n) is 8.03. The zero-order valence-electron chi connectivity index (χ0n) is 18.8. The van der Waals surface area contributed by atoms with Crippen LogP contribution in [0.2, 0.25) is 0 Å². The molecule has 32 heavy (non-hydrogen) atoms. The van der Waals surface area contributed by atoms with E-state index >= 15 is 0 Å². The number of alkyl halides is 2. The summed E-state index contributed by atoms with van der Waals surface area (Å²) in [5.41, 5.74) is 9.49. The highest BCUT2D eigenvalue weighted by Crippen LogP contribution is 2.17. The van der Waals surface area contributed by atoms with Gasteiger partial charge >= 0.3 is 6.09 Å². The van der Waals surface area contributed by atoms with Crippen LogP contribution in [-0.2, 0) is 16.0 Å². The van der Waals surface area contributed by atoms with E-state index in [0.29, 0.717) is 37.8 Å². The van der Waals surface area contributed by atoms with Crippen molar-refractivity contribution in [1.82, 2.24) is 10.6 Å². The molecular formula is C21H32Cl2N6O3. The molecule has 1 aromatic carbocycles. The highest BCUT2D eigenvalue weighted by atomic mass is 35.5. The number of hydrogen-bond donors (Lipinski definition) is 2. The number of nitrogens with zero attached hydrogens (tertiary/aromatic N) is 4. The van der Waals surface area contributed by atoms with Crippen LogP contribution < -0.4 is 15.5 Å². The van der Waals surface area contributed by atoms with E-state index < -0.39 is 17.7 Å². The number of anilines is 1. The molecule has 1 aromatic rings. The molecular weight excluding hydrogens is 455 g/mol. The molecule has 0 radical (unpaired) electrons. The number of carbonyl (C=O) groups excluding carboxylic acids is 2. The standard InChI is InChI=1S/C21H32Cl2N6O3/c1-21(2,3)32-20(31)27-18(19(30)25-11-4-12-26-28-24)15-16-5-7-17(8-6-16)29(13-9-22)14-10-23/h5-8,18H,4,9-15H2,1-3H3,(H,25,30)(H,27,31)/t18-/m0/s1. The average Bonchev–Trinajstić information content (AvgIpc) is 2.72. The molecule has 0 aliphatic rings. The van der Waals surface area contributed by atoms with E-state index in [1.165, 1.54) is 0 Å².